The molecular formula is C30H35N3O5. The lowest BCUT2D eigenvalue weighted by atomic mass is 9.76. The number of ether oxygens (including phenoxy) is 1. The highest BCUT2D eigenvalue weighted by Crippen LogP contribution is 2.47. The minimum atomic E-state index is -0.603. The van der Waals surface area contributed by atoms with Crippen LogP contribution in [0.4, 0.5) is 0 Å². The molecule has 1 aromatic heterocycles. The molecule has 2 aromatic carbocycles. The summed E-state index contributed by atoms with van der Waals surface area (Å²) in [5.74, 6) is 0.413. The second-order valence-corrected chi connectivity index (χ2v) is 10.0. The molecule has 1 aliphatic carbocycles. The standard InChI is InChI=1S/C30H35N3O5/c1-3-32(19-22-11-7-5-8-12-22)30-17-15-23(16-18-30)20-33-27(34)26(25(31-29(30)33)21-37-36-4-2)38-28(35)24-13-9-6-10-14-24/h5-14,23H,3-4,15-21H2,1-2H3. The van der Waals surface area contributed by atoms with E-state index in [1.165, 1.54) is 5.56 Å². The van der Waals surface area contributed by atoms with Gasteiger partial charge in [0.05, 0.1) is 17.7 Å². The van der Waals surface area contributed by atoms with E-state index >= 15 is 0 Å². The fourth-order valence-corrected chi connectivity index (χ4v) is 5.86. The summed E-state index contributed by atoms with van der Waals surface area (Å²) in [5.41, 5.74) is 1.11. The molecular weight excluding hydrogens is 482 g/mol. The molecule has 200 valence electrons. The molecule has 0 atom stereocenters. The molecule has 3 heterocycles. The van der Waals surface area contributed by atoms with Crippen LogP contribution in [0.5, 0.6) is 5.75 Å². The molecule has 38 heavy (non-hydrogen) atoms. The molecule has 0 saturated heterocycles. The van der Waals surface area contributed by atoms with Crippen LogP contribution in [0, 0.1) is 5.92 Å². The highest BCUT2D eigenvalue weighted by molar-refractivity contribution is 5.91. The fourth-order valence-electron chi connectivity index (χ4n) is 5.86. The number of carbonyl (C=O) groups is 1. The smallest absolute Gasteiger partial charge is 0.343 e. The highest BCUT2D eigenvalue weighted by atomic mass is 17.2. The summed E-state index contributed by atoms with van der Waals surface area (Å²) >= 11 is 0. The number of esters is 1. The van der Waals surface area contributed by atoms with E-state index < -0.39 is 11.5 Å². The van der Waals surface area contributed by atoms with Crippen molar-refractivity contribution in [3.63, 3.8) is 0 Å². The molecule has 1 saturated carbocycles. The largest absolute Gasteiger partial charge is 0.415 e. The van der Waals surface area contributed by atoms with Gasteiger partial charge in [0, 0.05) is 13.1 Å². The molecule has 3 aromatic rings. The molecule has 0 unspecified atom stereocenters. The zero-order chi connectivity index (χ0) is 26.5. The van der Waals surface area contributed by atoms with Crippen molar-refractivity contribution < 1.29 is 19.3 Å². The van der Waals surface area contributed by atoms with Crippen molar-refractivity contribution in [2.75, 3.05) is 13.2 Å². The fraction of sp³-hybridized carbons (Fsp3) is 0.433. The lowest BCUT2D eigenvalue weighted by Gasteiger charge is -2.45. The average Bonchev–Trinajstić information content (AvgIpc) is 3.22. The van der Waals surface area contributed by atoms with Crippen molar-refractivity contribution in [1.82, 2.24) is 14.5 Å². The number of aromatic nitrogens is 2. The van der Waals surface area contributed by atoms with Crippen molar-refractivity contribution in [2.24, 2.45) is 5.92 Å². The monoisotopic (exact) mass is 517 g/mol. The van der Waals surface area contributed by atoms with Gasteiger partial charge in [0.25, 0.3) is 5.56 Å². The zero-order valence-corrected chi connectivity index (χ0v) is 22.1. The topological polar surface area (TPSA) is 82.9 Å². The van der Waals surface area contributed by atoms with Gasteiger partial charge in [0.2, 0.25) is 5.75 Å². The molecule has 2 bridgehead atoms. The van der Waals surface area contributed by atoms with Crippen LogP contribution in [0.3, 0.4) is 0 Å². The SMILES string of the molecule is CCOOCc1nc2n(c(=O)c1OC(=O)c1ccccc1)CC1CCC2(N(CC)Cc2ccccc2)CC1. The molecule has 0 spiro atoms. The number of rotatable bonds is 10. The molecule has 8 heteroatoms. The summed E-state index contributed by atoms with van der Waals surface area (Å²) in [4.78, 5) is 45.0. The van der Waals surface area contributed by atoms with E-state index in [2.05, 4.69) is 36.1 Å². The first-order chi connectivity index (χ1) is 18.6. The Morgan fingerprint density at radius 2 is 1.71 bits per heavy atom. The van der Waals surface area contributed by atoms with Crippen molar-refractivity contribution in [3.05, 3.63) is 93.7 Å². The van der Waals surface area contributed by atoms with Crippen molar-refractivity contribution in [1.29, 1.82) is 0 Å². The molecule has 6 rings (SSSR count). The van der Waals surface area contributed by atoms with Crippen LogP contribution in [0.1, 0.15) is 67.0 Å². The summed E-state index contributed by atoms with van der Waals surface area (Å²) in [6, 6.07) is 19.0. The maximum absolute atomic E-state index is 14.0. The average molecular weight is 518 g/mol. The minimum absolute atomic E-state index is 0.0927. The van der Waals surface area contributed by atoms with E-state index in [9.17, 15) is 9.59 Å². The van der Waals surface area contributed by atoms with Gasteiger partial charge in [0.15, 0.2) is 0 Å². The first-order valence-electron chi connectivity index (χ1n) is 13.5. The van der Waals surface area contributed by atoms with Gasteiger partial charge in [0.1, 0.15) is 18.1 Å². The van der Waals surface area contributed by atoms with Gasteiger partial charge in [-0.05, 0) is 62.8 Å². The molecule has 0 radical (unpaired) electrons. The molecule has 8 nitrogen and oxygen atoms in total. The molecule has 0 N–H and O–H groups in total. The maximum atomic E-state index is 14.0. The third-order valence-electron chi connectivity index (χ3n) is 7.79. The van der Waals surface area contributed by atoms with Crippen LogP contribution in [-0.2, 0) is 35.0 Å². The Morgan fingerprint density at radius 1 is 1.03 bits per heavy atom. The summed E-state index contributed by atoms with van der Waals surface area (Å²) in [6.45, 7) is 6.35. The van der Waals surface area contributed by atoms with E-state index in [1.807, 2.05) is 19.1 Å². The van der Waals surface area contributed by atoms with Gasteiger partial charge in [-0.1, -0.05) is 55.5 Å². The Morgan fingerprint density at radius 3 is 2.37 bits per heavy atom. The third kappa shape index (κ3) is 5.16. The number of hydrogen-bond acceptors (Lipinski definition) is 7. The zero-order valence-electron chi connectivity index (χ0n) is 22.1. The van der Waals surface area contributed by atoms with Gasteiger partial charge in [-0.2, -0.15) is 0 Å². The predicted molar refractivity (Wildman–Crippen MR) is 142 cm³/mol. The molecule has 1 fully saturated rings. The van der Waals surface area contributed by atoms with Crippen molar-refractivity contribution in [3.8, 4) is 5.75 Å². The lowest BCUT2D eigenvalue weighted by Crippen LogP contribution is -2.49. The second-order valence-electron chi connectivity index (χ2n) is 10.0. The third-order valence-corrected chi connectivity index (χ3v) is 7.79. The summed E-state index contributed by atoms with van der Waals surface area (Å²) < 4.78 is 7.48. The molecule has 2 aliphatic heterocycles. The van der Waals surface area contributed by atoms with E-state index in [0.29, 0.717) is 24.6 Å². The normalized spacial score (nSPS) is 20.2. The summed E-state index contributed by atoms with van der Waals surface area (Å²) in [6.07, 6.45) is 3.86. The lowest BCUT2D eigenvalue weighted by molar-refractivity contribution is -0.301. The predicted octanol–water partition coefficient (Wildman–Crippen LogP) is 4.85. The number of nitrogens with zero attached hydrogens (tertiary/aromatic N) is 3. The van der Waals surface area contributed by atoms with E-state index in [4.69, 9.17) is 19.5 Å². The Hall–Kier alpha value is -3.33. The second kappa shape index (κ2) is 11.6. The molecule has 3 aliphatic rings. The first-order valence-corrected chi connectivity index (χ1v) is 13.5. The quantitative estimate of drug-likeness (QED) is 0.165. The van der Waals surface area contributed by atoms with Gasteiger partial charge < -0.3 is 4.74 Å². The van der Waals surface area contributed by atoms with Crippen molar-refractivity contribution >= 4 is 5.97 Å². The maximum Gasteiger partial charge on any atom is 0.343 e. The number of fused-ring (bicyclic) bond motifs is 2. The van der Waals surface area contributed by atoms with Crippen LogP contribution < -0.4 is 10.3 Å². The van der Waals surface area contributed by atoms with Crippen LogP contribution in [0.15, 0.2) is 65.5 Å². The highest BCUT2D eigenvalue weighted by Gasteiger charge is 2.48. The van der Waals surface area contributed by atoms with Gasteiger partial charge in [-0.15, -0.1) is 0 Å². The van der Waals surface area contributed by atoms with Crippen molar-refractivity contribution in [2.45, 2.75) is 64.8 Å². The summed E-state index contributed by atoms with van der Waals surface area (Å²) in [7, 11) is 0. The Balaban J connectivity index is 1.60. The van der Waals surface area contributed by atoms with Gasteiger partial charge in [-0.3, -0.25) is 14.3 Å². The Bertz CT molecular complexity index is 1300. The minimum Gasteiger partial charge on any atom is -0.415 e. The Labute approximate surface area is 223 Å². The number of carbonyl (C=O) groups excluding carboxylic acids is 1. The number of benzene rings is 2. The first kappa shape index (κ1) is 26.3. The summed E-state index contributed by atoms with van der Waals surface area (Å²) in [5, 5.41) is 0. The molecule has 0 amide bonds. The number of hydrogen-bond donors (Lipinski definition) is 0. The van der Waals surface area contributed by atoms with E-state index in [0.717, 1.165) is 44.6 Å². The van der Waals surface area contributed by atoms with E-state index in [1.54, 1.807) is 28.8 Å². The van der Waals surface area contributed by atoms with Gasteiger partial charge in [-0.25, -0.2) is 19.6 Å². The van der Waals surface area contributed by atoms with Crippen LogP contribution >= 0.6 is 0 Å². The van der Waals surface area contributed by atoms with Crippen LogP contribution in [0.25, 0.3) is 0 Å². The Kier molecular flexibility index (Phi) is 8.02. The van der Waals surface area contributed by atoms with Crippen LogP contribution in [-0.4, -0.2) is 33.6 Å². The van der Waals surface area contributed by atoms with Gasteiger partial charge >= 0.3 is 5.97 Å². The van der Waals surface area contributed by atoms with E-state index in [-0.39, 0.29) is 23.6 Å². The van der Waals surface area contributed by atoms with Crippen LogP contribution in [0.2, 0.25) is 0 Å².